The molecule has 0 aliphatic rings. The van der Waals surface area contributed by atoms with Gasteiger partial charge in [0.1, 0.15) is 0 Å². The summed E-state index contributed by atoms with van der Waals surface area (Å²) >= 11 is 0. The molecule has 1 rings (SSSR count). The third-order valence-corrected chi connectivity index (χ3v) is 2.76. The molecule has 0 saturated carbocycles. The van der Waals surface area contributed by atoms with E-state index in [4.69, 9.17) is 11.5 Å². The largest absolute Gasteiger partial charge is 0.418 e. The number of carbonyl (C=O) groups is 1. The fourth-order valence-electron chi connectivity index (χ4n) is 1.32. The molecular weight excluding hydrogens is 259 g/mol. The first-order valence-corrected chi connectivity index (χ1v) is 5.54. The number of alkyl halides is 3. The van der Waals surface area contributed by atoms with Gasteiger partial charge in [-0.05, 0) is 32.0 Å². The molecule has 0 unspecified atom stereocenters. The van der Waals surface area contributed by atoms with Crippen molar-refractivity contribution < 1.29 is 18.0 Å². The van der Waals surface area contributed by atoms with Crippen molar-refractivity contribution >= 4 is 17.3 Å². The molecular formula is C12H16F3N3O. The lowest BCUT2D eigenvalue weighted by atomic mass is 9.92. The number of carbonyl (C=O) groups excluding carboxylic acids is 1. The predicted molar refractivity (Wildman–Crippen MR) is 67.3 cm³/mol. The molecule has 0 saturated heterocycles. The molecule has 0 aromatic heterocycles. The van der Waals surface area contributed by atoms with Gasteiger partial charge in [0.15, 0.2) is 0 Å². The Morgan fingerprint density at radius 1 is 1.32 bits per heavy atom. The van der Waals surface area contributed by atoms with E-state index in [9.17, 15) is 18.0 Å². The standard InChI is InChI=1S/C12H16F3N3O/c1-11(2,10(17)19)6-18-7-3-4-9(16)8(5-7)12(13,14)15/h3-5,18H,6,16H2,1-2H3,(H2,17,19). The molecule has 7 heteroatoms. The summed E-state index contributed by atoms with van der Waals surface area (Å²) in [5.41, 5.74) is 8.59. The summed E-state index contributed by atoms with van der Waals surface area (Å²) in [7, 11) is 0. The van der Waals surface area contributed by atoms with Gasteiger partial charge in [0.05, 0.1) is 11.0 Å². The van der Waals surface area contributed by atoms with Gasteiger partial charge >= 0.3 is 6.18 Å². The molecule has 1 amide bonds. The highest BCUT2D eigenvalue weighted by atomic mass is 19.4. The second-order valence-electron chi connectivity index (χ2n) is 4.90. The number of anilines is 2. The van der Waals surface area contributed by atoms with Gasteiger partial charge in [0.25, 0.3) is 0 Å². The van der Waals surface area contributed by atoms with E-state index in [-0.39, 0.29) is 17.9 Å². The zero-order valence-corrected chi connectivity index (χ0v) is 10.6. The van der Waals surface area contributed by atoms with E-state index in [1.807, 2.05) is 0 Å². The van der Waals surface area contributed by atoms with Gasteiger partial charge < -0.3 is 16.8 Å². The van der Waals surface area contributed by atoms with E-state index in [0.29, 0.717) is 0 Å². The molecule has 0 aliphatic heterocycles. The number of halogens is 3. The highest BCUT2D eigenvalue weighted by molar-refractivity contribution is 5.80. The second kappa shape index (κ2) is 4.99. The Hall–Kier alpha value is -1.92. The van der Waals surface area contributed by atoms with Crippen LogP contribution in [0.25, 0.3) is 0 Å². The number of nitrogens with one attached hydrogen (secondary N) is 1. The molecule has 0 spiro atoms. The molecule has 106 valence electrons. The zero-order valence-electron chi connectivity index (χ0n) is 10.6. The number of nitrogen functional groups attached to an aromatic ring is 1. The molecule has 0 aliphatic carbocycles. The summed E-state index contributed by atoms with van der Waals surface area (Å²) in [6.07, 6.45) is -4.51. The van der Waals surface area contributed by atoms with E-state index in [0.717, 1.165) is 6.07 Å². The monoisotopic (exact) mass is 275 g/mol. The second-order valence-corrected chi connectivity index (χ2v) is 4.90. The molecule has 5 N–H and O–H groups in total. The number of nitrogens with two attached hydrogens (primary N) is 2. The predicted octanol–water partition coefficient (Wildman–Crippen LogP) is 2.21. The van der Waals surface area contributed by atoms with E-state index < -0.39 is 23.1 Å². The van der Waals surface area contributed by atoms with Crippen LogP contribution < -0.4 is 16.8 Å². The highest BCUT2D eigenvalue weighted by Crippen LogP contribution is 2.35. The summed E-state index contributed by atoms with van der Waals surface area (Å²) in [6.45, 7) is 3.33. The molecule has 0 atom stereocenters. The van der Waals surface area contributed by atoms with Crippen molar-refractivity contribution in [3.63, 3.8) is 0 Å². The maximum Gasteiger partial charge on any atom is 0.418 e. The fourth-order valence-corrected chi connectivity index (χ4v) is 1.32. The first kappa shape index (κ1) is 15.1. The van der Waals surface area contributed by atoms with Crippen LogP contribution in [0, 0.1) is 5.41 Å². The molecule has 19 heavy (non-hydrogen) atoms. The van der Waals surface area contributed by atoms with E-state index >= 15 is 0 Å². The van der Waals surface area contributed by atoms with E-state index in [1.54, 1.807) is 13.8 Å². The topological polar surface area (TPSA) is 81.1 Å². The first-order valence-electron chi connectivity index (χ1n) is 5.54. The van der Waals surface area contributed by atoms with Gasteiger partial charge in [-0.1, -0.05) is 0 Å². The molecule has 1 aromatic rings. The maximum absolute atomic E-state index is 12.6. The lowest BCUT2D eigenvalue weighted by molar-refractivity contribution is -0.136. The van der Waals surface area contributed by atoms with Gasteiger partial charge in [-0.25, -0.2) is 0 Å². The smallest absolute Gasteiger partial charge is 0.398 e. The SMILES string of the molecule is CC(C)(CNc1ccc(N)c(C(F)(F)F)c1)C(N)=O. The Morgan fingerprint density at radius 2 is 1.89 bits per heavy atom. The highest BCUT2D eigenvalue weighted by Gasteiger charge is 2.33. The quantitative estimate of drug-likeness (QED) is 0.737. The molecule has 0 radical (unpaired) electrons. The van der Waals surface area contributed by atoms with Crippen molar-refractivity contribution in [3.8, 4) is 0 Å². The van der Waals surface area contributed by atoms with Crippen LogP contribution in [0.15, 0.2) is 18.2 Å². The van der Waals surface area contributed by atoms with Crippen molar-refractivity contribution in [1.82, 2.24) is 0 Å². The van der Waals surface area contributed by atoms with Gasteiger partial charge in [-0.15, -0.1) is 0 Å². The summed E-state index contributed by atoms with van der Waals surface area (Å²) < 4.78 is 37.9. The molecule has 0 fully saturated rings. The normalized spacial score (nSPS) is 12.3. The van der Waals surface area contributed by atoms with Crippen molar-refractivity contribution in [3.05, 3.63) is 23.8 Å². The fraction of sp³-hybridized carbons (Fsp3) is 0.417. The van der Waals surface area contributed by atoms with Crippen LogP contribution in [0.4, 0.5) is 24.5 Å². The molecule has 1 aromatic carbocycles. The Labute approximate surface area is 109 Å². The van der Waals surface area contributed by atoms with Crippen LogP contribution in [0.2, 0.25) is 0 Å². The summed E-state index contributed by atoms with van der Waals surface area (Å²) in [6, 6.07) is 3.50. The summed E-state index contributed by atoms with van der Waals surface area (Å²) in [5, 5.41) is 2.75. The lowest BCUT2D eigenvalue weighted by Gasteiger charge is -2.22. The Bertz CT molecular complexity index is 484. The molecule has 0 heterocycles. The van der Waals surface area contributed by atoms with Crippen LogP contribution in [-0.2, 0) is 11.0 Å². The molecule has 0 bridgehead atoms. The minimum absolute atomic E-state index is 0.129. The van der Waals surface area contributed by atoms with Crippen LogP contribution in [-0.4, -0.2) is 12.5 Å². The number of primary amides is 1. The number of hydrogen-bond donors (Lipinski definition) is 3. The van der Waals surface area contributed by atoms with Crippen molar-refractivity contribution in [2.75, 3.05) is 17.6 Å². The number of benzene rings is 1. The van der Waals surface area contributed by atoms with Crippen molar-refractivity contribution in [1.29, 1.82) is 0 Å². The van der Waals surface area contributed by atoms with Gasteiger partial charge in [-0.3, -0.25) is 4.79 Å². The third kappa shape index (κ3) is 3.77. The van der Waals surface area contributed by atoms with E-state index in [1.165, 1.54) is 12.1 Å². The van der Waals surface area contributed by atoms with Gasteiger partial charge in [0, 0.05) is 17.9 Å². The lowest BCUT2D eigenvalue weighted by Crippen LogP contribution is -2.37. The first-order chi connectivity index (χ1) is 8.54. The Morgan fingerprint density at radius 3 is 2.37 bits per heavy atom. The third-order valence-electron chi connectivity index (χ3n) is 2.76. The van der Waals surface area contributed by atoms with Crippen molar-refractivity contribution in [2.24, 2.45) is 11.1 Å². The Kier molecular flexibility index (Phi) is 3.97. The Balaban J connectivity index is 2.90. The van der Waals surface area contributed by atoms with Crippen LogP contribution in [0.5, 0.6) is 0 Å². The van der Waals surface area contributed by atoms with Crippen molar-refractivity contribution in [2.45, 2.75) is 20.0 Å². The molecule has 4 nitrogen and oxygen atoms in total. The maximum atomic E-state index is 12.6. The zero-order chi connectivity index (χ0) is 14.8. The number of rotatable bonds is 4. The minimum atomic E-state index is -4.51. The van der Waals surface area contributed by atoms with Crippen LogP contribution >= 0.6 is 0 Å². The van der Waals surface area contributed by atoms with E-state index in [2.05, 4.69) is 5.32 Å². The van der Waals surface area contributed by atoms with Gasteiger partial charge in [0.2, 0.25) is 5.91 Å². The summed E-state index contributed by atoms with van der Waals surface area (Å²) in [5.74, 6) is -0.536. The van der Waals surface area contributed by atoms with Gasteiger partial charge in [-0.2, -0.15) is 13.2 Å². The average Bonchev–Trinajstić information content (AvgIpc) is 2.26. The van der Waals surface area contributed by atoms with Crippen LogP contribution in [0.1, 0.15) is 19.4 Å². The number of amides is 1. The average molecular weight is 275 g/mol. The minimum Gasteiger partial charge on any atom is -0.398 e. The summed E-state index contributed by atoms with van der Waals surface area (Å²) in [4.78, 5) is 11.1. The van der Waals surface area contributed by atoms with Crippen LogP contribution in [0.3, 0.4) is 0 Å². The number of hydrogen-bond acceptors (Lipinski definition) is 3.